The zero-order chi connectivity index (χ0) is 14.0. The Labute approximate surface area is 112 Å². The second-order valence-corrected chi connectivity index (χ2v) is 4.57. The molecular weight excluding hydrogens is 252 g/mol. The summed E-state index contributed by atoms with van der Waals surface area (Å²) in [7, 11) is 0. The van der Waals surface area contributed by atoms with E-state index in [0.717, 1.165) is 0 Å². The average molecular weight is 270 g/mol. The lowest BCUT2D eigenvalue weighted by molar-refractivity contribution is -0.121. The molecule has 0 aromatic carbocycles. The lowest BCUT2D eigenvalue weighted by atomic mass is 10.3. The summed E-state index contributed by atoms with van der Waals surface area (Å²) < 4.78 is 0. The van der Waals surface area contributed by atoms with Crippen LogP contribution in [0.4, 0.5) is 0 Å². The number of rotatable bonds is 7. The maximum absolute atomic E-state index is 11.4. The Morgan fingerprint density at radius 1 is 1.22 bits per heavy atom. The quantitative estimate of drug-likeness (QED) is 0.523. The molecule has 6 heteroatoms. The van der Waals surface area contributed by atoms with Gasteiger partial charge in [0.2, 0.25) is 16.9 Å². The molecule has 2 amide bonds. The van der Waals surface area contributed by atoms with E-state index in [0.29, 0.717) is 17.9 Å². The van der Waals surface area contributed by atoms with Crippen LogP contribution in [-0.2, 0) is 14.4 Å². The Bertz CT molecular complexity index is 340. The summed E-state index contributed by atoms with van der Waals surface area (Å²) in [5, 5.41) is 4.98. The Balaban J connectivity index is 3.57. The van der Waals surface area contributed by atoms with E-state index in [-0.39, 0.29) is 24.0 Å². The molecule has 18 heavy (non-hydrogen) atoms. The van der Waals surface area contributed by atoms with Gasteiger partial charge < -0.3 is 10.6 Å². The number of carbonyl (C=O) groups excluding carboxylic acids is 3. The van der Waals surface area contributed by atoms with Gasteiger partial charge in [0.15, 0.2) is 0 Å². The van der Waals surface area contributed by atoms with Crippen LogP contribution in [0.1, 0.15) is 20.3 Å². The summed E-state index contributed by atoms with van der Waals surface area (Å²) in [4.78, 5) is 33.0. The number of allylic oxidation sites excluding steroid dienone is 1. The van der Waals surface area contributed by atoms with Crippen LogP contribution in [-0.4, -0.2) is 35.8 Å². The molecule has 0 bridgehead atoms. The second kappa shape index (κ2) is 9.70. The van der Waals surface area contributed by atoms with Gasteiger partial charge in [-0.3, -0.25) is 14.4 Å². The molecule has 100 valence electrons. The van der Waals surface area contributed by atoms with E-state index in [1.807, 2.05) is 0 Å². The van der Waals surface area contributed by atoms with Gasteiger partial charge in [-0.1, -0.05) is 17.8 Å². The number of amides is 2. The van der Waals surface area contributed by atoms with Gasteiger partial charge in [0.05, 0.1) is 6.92 Å². The Hall–Kier alpha value is -1.30. The fraction of sp³-hybridized carbons (Fsp3) is 0.500. The highest BCUT2D eigenvalue weighted by atomic mass is 32.2. The second-order valence-electron chi connectivity index (χ2n) is 3.50. The van der Waals surface area contributed by atoms with Crippen molar-refractivity contribution in [3.8, 4) is 0 Å². The minimum absolute atomic E-state index is 0.0159. The fourth-order valence-corrected chi connectivity index (χ4v) is 1.69. The van der Waals surface area contributed by atoms with Crippen LogP contribution in [0, 0.1) is 6.92 Å². The Kier molecular flexibility index (Phi) is 9.00. The van der Waals surface area contributed by atoms with Crippen molar-refractivity contribution in [2.45, 2.75) is 20.3 Å². The molecule has 5 nitrogen and oxygen atoms in total. The van der Waals surface area contributed by atoms with Gasteiger partial charge in [-0.15, -0.1) is 0 Å². The zero-order valence-electron chi connectivity index (χ0n) is 10.6. The number of nitrogens with one attached hydrogen (secondary N) is 2. The summed E-state index contributed by atoms with van der Waals surface area (Å²) in [6.45, 7) is 9.04. The molecule has 0 rings (SSSR count). The third-order valence-electron chi connectivity index (χ3n) is 2.06. The summed E-state index contributed by atoms with van der Waals surface area (Å²) in [5.74, 6) is -0.302. The molecule has 2 N–H and O–H groups in total. The van der Waals surface area contributed by atoms with Crippen LogP contribution in [0.15, 0.2) is 11.6 Å². The number of carbonyl (C=O) groups is 3. The van der Waals surface area contributed by atoms with Gasteiger partial charge in [-0.25, -0.2) is 0 Å². The van der Waals surface area contributed by atoms with Crippen LogP contribution >= 0.6 is 11.8 Å². The van der Waals surface area contributed by atoms with E-state index < -0.39 is 5.91 Å². The normalized spacial score (nSPS) is 10.9. The highest BCUT2D eigenvalue weighted by Crippen LogP contribution is 2.08. The lowest BCUT2D eigenvalue weighted by Crippen LogP contribution is -2.30. The number of hydrogen-bond donors (Lipinski definition) is 2. The van der Waals surface area contributed by atoms with E-state index >= 15 is 0 Å². The molecule has 0 fully saturated rings. The van der Waals surface area contributed by atoms with Crippen molar-refractivity contribution in [3.05, 3.63) is 18.6 Å². The van der Waals surface area contributed by atoms with Crippen molar-refractivity contribution in [3.63, 3.8) is 0 Å². The predicted molar refractivity (Wildman–Crippen MR) is 71.8 cm³/mol. The van der Waals surface area contributed by atoms with Crippen molar-refractivity contribution < 1.29 is 14.4 Å². The minimum Gasteiger partial charge on any atom is -0.355 e. The third-order valence-corrected chi connectivity index (χ3v) is 3.06. The molecular formula is C12H18N2O3S. The van der Waals surface area contributed by atoms with Crippen molar-refractivity contribution in [1.82, 2.24) is 10.6 Å². The van der Waals surface area contributed by atoms with Gasteiger partial charge >= 0.3 is 0 Å². The minimum atomic E-state index is -0.647. The van der Waals surface area contributed by atoms with E-state index in [1.54, 1.807) is 19.9 Å². The summed E-state index contributed by atoms with van der Waals surface area (Å²) in [5.41, 5.74) is 0.706. The van der Waals surface area contributed by atoms with Gasteiger partial charge in [0.1, 0.15) is 0 Å². The van der Waals surface area contributed by atoms with E-state index in [1.165, 1.54) is 11.8 Å². The molecule has 0 unspecified atom stereocenters. The Morgan fingerprint density at radius 3 is 2.44 bits per heavy atom. The van der Waals surface area contributed by atoms with Gasteiger partial charge in [0.25, 0.3) is 0 Å². The molecule has 0 spiro atoms. The Morgan fingerprint density at radius 2 is 1.89 bits per heavy atom. The van der Waals surface area contributed by atoms with Crippen LogP contribution in [0.5, 0.6) is 0 Å². The van der Waals surface area contributed by atoms with Crippen LogP contribution in [0.2, 0.25) is 0 Å². The van der Waals surface area contributed by atoms with Gasteiger partial charge in [-0.05, 0) is 19.4 Å². The maximum atomic E-state index is 11.4. The van der Waals surface area contributed by atoms with E-state index in [2.05, 4.69) is 10.6 Å². The summed E-state index contributed by atoms with van der Waals surface area (Å²) >= 11 is 1.17. The van der Waals surface area contributed by atoms with Crippen LogP contribution in [0.3, 0.4) is 0 Å². The SMILES string of the molecule is [CH]C(=O)NCCC(=O)NCCSC(=O)/C(C)=C/C. The van der Waals surface area contributed by atoms with Gasteiger partial charge in [0, 0.05) is 25.3 Å². The van der Waals surface area contributed by atoms with Gasteiger partial charge in [-0.2, -0.15) is 0 Å². The van der Waals surface area contributed by atoms with E-state index in [9.17, 15) is 14.4 Å². The first-order valence-electron chi connectivity index (χ1n) is 5.57. The van der Waals surface area contributed by atoms with Crippen molar-refractivity contribution in [2.75, 3.05) is 18.8 Å². The molecule has 0 aliphatic rings. The molecule has 2 radical (unpaired) electrons. The third kappa shape index (κ3) is 8.81. The van der Waals surface area contributed by atoms with E-state index in [4.69, 9.17) is 6.92 Å². The largest absolute Gasteiger partial charge is 0.355 e. The molecule has 0 aromatic rings. The highest BCUT2D eigenvalue weighted by Gasteiger charge is 2.05. The molecule has 0 aliphatic carbocycles. The first kappa shape index (κ1) is 16.7. The molecule has 0 aromatic heterocycles. The summed E-state index contributed by atoms with van der Waals surface area (Å²) in [6.07, 6.45) is 1.93. The maximum Gasteiger partial charge on any atom is 0.224 e. The molecule has 0 saturated carbocycles. The topological polar surface area (TPSA) is 75.3 Å². The first-order chi connectivity index (χ1) is 8.47. The van der Waals surface area contributed by atoms with Crippen molar-refractivity contribution in [1.29, 1.82) is 0 Å². The molecule has 0 heterocycles. The fourth-order valence-electron chi connectivity index (χ4n) is 0.953. The average Bonchev–Trinajstić information content (AvgIpc) is 2.32. The monoisotopic (exact) mass is 270 g/mol. The van der Waals surface area contributed by atoms with Crippen molar-refractivity contribution >= 4 is 28.7 Å². The van der Waals surface area contributed by atoms with Crippen LogP contribution < -0.4 is 10.6 Å². The summed E-state index contributed by atoms with van der Waals surface area (Å²) in [6, 6.07) is 0. The van der Waals surface area contributed by atoms with Crippen molar-refractivity contribution in [2.24, 2.45) is 0 Å². The zero-order valence-corrected chi connectivity index (χ0v) is 11.4. The number of thioether (sulfide) groups is 1. The molecule has 0 saturated heterocycles. The number of hydrogen-bond acceptors (Lipinski definition) is 4. The lowest BCUT2D eigenvalue weighted by Gasteiger charge is -2.05. The standard InChI is InChI=1S/C12H18N2O3S/c1-4-9(2)12(17)18-8-7-14-11(16)5-6-13-10(3)15/h3-4H,5-8H2,1-2H3,(H,13,15)(H,14,16)/b9-4+. The smallest absolute Gasteiger partial charge is 0.224 e. The molecule has 0 atom stereocenters. The highest BCUT2D eigenvalue weighted by molar-refractivity contribution is 8.14. The first-order valence-corrected chi connectivity index (χ1v) is 6.56. The predicted octanol–water partition coefficient (Wildman–Crippen LogP) is 0.546. The molecule has 0 aliphatic heterocycles. The van der Waals surface area contributed by atoms with Crippen LogP contribution in [0.25, 0.3) is 0 Å².